The number of carbonyl (C=O) groups excluding carboxylic acids is 2. The molecule has 0 radical (unpaired) electrons. The topological polar surface area (TPSA) is 82.1 Å². The summed E-state index contributed by atoms with van der Waals surface area (Å²) in [6.07, 6.45) is -0.676. The lowest BCUT2D eigenvalue weighted by Gasteiger charge is -2.27. The molecule has 150 valence electrons. The van der Waals surface area contributed by atoms with Crippen molar-refractivity contribution in [3.8, 4) is 0 Å². The highest BCUT2D eigenvalue weighted by Crippen LogP contribution is 2.38. The molecule has 0 aliphatic carbocycles. The molecule has 1 fully saturated rings. The third-order valence-electron chi connectivity index (χ3n) is 4.91. The zero-order valence-corrected chi connectivity index (χ0v) is 16.0. The third kappa shape index (κ3) is 4.46. The summed E-state index contributed by atoms with van der Waals surface area (Å²) >= 11 is 0. The molecule has 1 aliphatic heterocycles. The summed E-state index contributed by atoms with van der Waals surface area (Å²) in [7, 11) is 0. The molecule has 0 saturated carbocycles. The van der Waals surface area contributed by atoms with E-state index in [2.05, 4.69) is 12.3 Å². The maximum atomic E-state index is 12.4. The van der Waals surface area contributed by atoms with Crippen LogP contribution in [0.15, 0.2) is 79.0 Å². The minimum atomic E-state index is -1.66. The molecular weight excluding hydrogens is 372 g/mol. The minimum absolute atomic E-state index is 0.110. The summed E-state index contributed by atoms with van der Waals surface area (Å²) in [5.41, 5.74) is 1.61. The van der Waals surface area contributed by atoms with Gasteiger partial charge in [0.2, 0.25) is 6.29 Å². The van der Waals surface area contributed by atoms with Gasteiger partial charge in [-0.3, -0.25) is 0 Å². The molecule has 1 heterocycles. The van der Waals surface area contributed by atoms with Gasteiger partial charge in [-0.15, -0.1) is 5.73 Å². The molecule has 29 heavy (non-hydrogen) atoms. The van der Waals surface area contributed by atoms with Gasteiger partial charge in [0, 0.05) is 5.92 Å². The van der Waals surface area contributed by atoms with Gasteiger partial charge in [-0.25, -0.2) is 9.59 Å². The molecule has 6 heteroatoms. The van der Waals surface area contributed by atoms with Crippen molar-refractivity contribution < 1.29 is 28.9 Å². The molecule has 1 aliphatic rings. The Morgan fingerprint density at radius 3 is 2.21 bits per heavy atom. The van der Waals surface area contributed by atoms with E-state index in [4.69, 9.17) is 14.2 Å². The van der Waals surface area contributed by atoms with Crippen LogP contribution in [0.3, 0.4) is 0 Å². The highest BCUT2D eigenvalue weighted by molar-refractivity contribution is 5.89. The van der Waals surface area contributed by atoms with Gasteiger partial charge in [-0.05, 0) is 30.3 Å². The summed E-state index contributed by atoms with van der Waals surface area (Å²) in [5, 5.41) is 11.1. The van der Waals surface area contributed by atoms with Gasteiger partial charge in [-0.2, -0.15) is 0 Å². The van der Waals surface area contributed by atoms with Crippen LogP contribution in [-0.2, 0) is 14.2 Å². The summed E-state index contributed by atoms with van der Waals surface area (Å²) in [5.74, 6) is -1.69. The first kappa shape index (κ1) is 20.6. The van der Waals surface area contributed by atoms with E-state index >= 15 is 0 Å². The van der Waals surface area contributed by atoms with Crippen molar-refractivity contribution >= 4 is 11.9 Å². The van der Waals surface area contributed by atoms with E-state index in [1.807, 2.05) is 0 Å². The standard InChI is InChI=1S/C23H22O6/c1-3-14-23(26)16(2)19(15-27-20(24)17-10-6-4-7-11-17)28-22(23)29-21(25)18-12-8-5-9-13-18/h4-14,16,19,22,26H,1,15H2,2H3/t16?,19-,22?,23-/m1/s1. The number of ether oxygens (including phenoxy) is 3. The maximum Gasteiger partial charge on any atom is 0.340 e. The van der Waals surface area contributed by atoms with Gasteiger partial charge in [0.15, 0.2) is 5.60 Å². The van der Waals surface area contributed by atoms with Gasteiger partial charge in [-0.1, -0.05) is 49.9 Å². The second kappa shape index (κ2) is 8.88. The normalized spacial score (nSPS) is 25.7. The Morgan fingerprint density at radius 2 is 1.66 bits per heavy atom. The van der Waals surface area contributed by atoms with E-state index in [1.165, 1.54) is 6.08 Å². The molecule has 0 bridgehead atoms. The summed E-state index contributed by atoms with van der Waals surface area (Å²) in [6.45, 7) is 5.10. The monoisotopic (exact) mass is 394 g/mol. The molecule has 1 N–H and O–H groups in total. The molecule has 3 rings (SSSR count). The van der Waals surface area contributed by atoms with Crippen LogP contribution in [-0.4, -0.2) is 41.6 Å². The van der Waals surface area contributed by atoms with Gasteiger partial charge < -0.3 is 19.3 Å². The Balaban J connectivity index is 1.71. The van der Waals surface area contributed by atoms with Crippen molar-refractivity contribution in [3.05, 3.63) is 90.2 Å². The van der Waals surface area contributed by atoms with Gasteiger partial charge >= 0.3 is 11.9 Å². The molecule has 0 spiro atoms. The lowest BCUT2D eigenvalue weighted by atomic mass is 9.87. The Hall–Kier alpha value is -3.18. The van der Waals surface area contributed by atoms with Gasteiger partial charge in [0.25, 0.3) is 0 Å². The summed E-state index contributed by atoms with van der Waals surface area (Å²) < 4.78 is 16.5. The number of hydrogen-bond acceptors (Lipinski definition) is 6. The Kier molecular flexibility index (Phi) is 6.29. The number of rotatable bonds is 6. The number of esters is 2. The van der Waals surface area contributed by atoms with Crippen LogP contribution in [0.4, 0.5) is 0 Å². The van der Waals surface area contributed by atoms with E-state index < -0.39 is 35.9 Å². The first-order valence-electron chi connectivity index (χ1n) is 9.18. The quantitative estimate of drug-likeness (QED) is 0.599. The van der Waals surface area contributed by atoms with Crippen LogP contribution in [0.5, 0.6) is 0 Å². The molecule has 0 amide bonds. The smallest absolute Gasteiger partial charge is 0.340 e. The van der Waals surface area contributed by atoms with E-state index in [0.29, 0.717) is 11.1 Å². The van der Waals surface area contributed by atoms with Crippen molar-refractivity contribution in [2.75, 3.05) is 6.61 Å². The molecule has 0 aromatic heterocycles. The predicted octanol–water partition coefficient (Wildman–Crippen LogP) is 3.13. The Bertz CT molecular complexity index is 903. The van der Waals surface area contributed by atoms with Crippen molar-refractivity contribution in [1.29, 1.82) is 0 Å². The second-order valence-electron chi connectivity index (χ2n) is 6.77. The Morgan fingerprint density at radius 1 is 1.10 bits per heavy atom. The first-order chi connectivity index (χ1) is 14.0. The molecule has 2 aromatic rings. The first-order valence-corrected chi connectivity index (χ1v) is 9.18. The van der Waals surface area contributed by atoms with E-state index in [-0.39, 0.29) is 6.61 Å². The highest BCUT2D eigenvalue weighted by Gasteiger charge is 2.54. The number of benzene rings is 2. The molecule has 2 unspecified atom stereocenters. The second-order valence-corrected chi connectivity index (χ2v) is 6.77. The minimum Gasteiger partial charge on any atom is -0.459 e. The molecule has 4 atom stereocenters. The molecule has 6 nitrogen and oxygen atoms in total. The van der Waals surface area contributed by atoms with Gasteiger partial charge in [0.05, 0.1) is 11.1 Å². The average molecular weight is 394 g/mol. The Labute approximate surface area is 169 Å². The lowest BCUT2D eigenvalue weighted by Crippen LogP contribution is -2.44. The molecule has 2 aromatic carbocycles. The highest BCUT2D eigenvalue weighted by atomic mass is 16.7. The van der Waals surface area contributed by atoms with E-state index in [1.54, 1.807) is 67.6 Å². The van der Waals surface area contributed by atoms with Crippen LogP contribution in [0.1, 0.15) is 27.6 Å². The SMILES string of the molecule is C=C=C[C@]1(O)C(OC(=O)c2ccccc2)O[C@H](COC(=O)c2ccccc2)C1C. The van der Waals surface area contributed by atoms with E-state index in [9.17, 15) is 14.7 Å². The maximum absolute atomic E-state index is 12.4. The van der Waals surface area contributed by atoms with Crippen molar-refractivity contribution in [1.82, 2.24) is 0 Å². The van der Waals surface area contributed by atoms with Crippen LogP contribution in [0.2, 0.25) is 0 Å². The van der Waals surface area contributed by atoms with Crippen LogP contribution in [0, 0.1) is 5.92 Å². The number of carbonyl (C=O) groups is 2. The zero-order valence-electron chi connectivity index (χ0n) is 16.0. The van der Waals surface area contributed by atoms with Gasteiger partial charge in [0.1, 0.15) is 12.7 Å². The zero-order chi connectivity index (χ0) is 20.9. The van der Waals surface area contributed by atoms with Crippen LogP contribution >= 0.6 is 0 Å². The fourth-order valence-corrected chi connectivity index (χ4v) is 3.12. The largest absolute Gasteiger partial charge is 0.459 e. The number of aliphatic hydroxyl groups is 1. The number of hydrogen-bond donors (Lipinski definition) is 1. The van der Waals surface area contributed by atoms with E-state index in [0.717, 1.165) is 0 Å². The van der Waals surface area contributed by atoms with Crippen molar-refractivity contribution in [2.45, 2.75) is 24.9 Å². The van der Waals surface area contributed by atoms with Crippen molar-refractivity contribution in [3.63, 3.8) is 0 Å². The fraction of sp³-hybridized carbons (Fsp3) is 0.261. The summed E-state index contributed by atoms with van der Waals surface area (Å²) in [6, 6.07) is 16.9. The fourth-order valence-electron chi connectivity index (χ4n) is 3.12. The summed E-state index contributed by atoms with van der Waals surface area (Å²) in [4.78, 5) is 24.6. The predicted molar refractivity (Wildman–Crippen MR) is 105 cm³/mol. The van der Waals surface area contributed by atoms with Crippen LogP contribution < -0.4 is 0 Å². The van der Waals surface area contributed by atoms with Crippen LogP contribution in [0.25, 0.3) is 0 Å². The van der Waals surface area contributed by atoms with Crippen molar-refractivity contribution in [2.24, 2.45) is 5.92 Å². The molecular formula is C23H22O6. The third-order valence-corrected chi connectivity index (χ3v) is 4.91. The molecule has 1 saturated heterocycles. The lowest BCUT2D eigenvalue weighted by molar-refractivity contribution is -0.160. The average Bonchev–Trinajstić information content (AvgIpc) is 2.98.